The van der Waals surface area contributed by atoms with Crippen LogP contribution in [-0.4, -0.2) is 5.91 Å². The van der Waals surface area contributed by atoms with E-state index < -0.39 is 0 Å². The van der Waals surface area contributed by atoms with Crippen molar-refractivity contribution in [2.24, 2.45) is 5.84 Å². The third-order valence-corrected chi connectivity index (χ3v) is 3.36. The third-order valence-electron chi connectivity index (χ3n) is 3.36. The number of hydrogen-bond donors (Lipinski definition) is 3. The standard InChI is InChI=1S/C17H21N3O/c1-3-6-13-7-4-5-8-15(13)19-17(21)14-11-12(2)9-10-16(14)20-18/h4-5,7-11,20H,3,6,18H2,1-2H3,(H,19,21). The van der Waals surface area contributed by atoms with E-state index in [2.05, 4.69) is 17.7 Å². The van der Waals surface area contributed by atoms with E-state index in [4.69, 9.17) is 5.84 Å². The topological polar surface area (TPSA) is 67.2 Å². The normalized spacial score (nSPS) is 10.2. The number of carbonyl (C=O) groups is 1. The molecular weight excluding hydrogens is 262 g/mol. The number of hydrogen-bond acceptors (Lipinski definition) is 3. The number of anilines is 2. The van der Waals surface area contributed by atoms with Crippen LogP contribution in [-0.2, 0) is 6.42 Å². The van der Waals surface area contributed by atoms with E-state index in [1.54, 1.807) is 0 Å². The molecule has 4 heteroatoms. The summed E-state index contributed by atoms with van der Waals surface area (Å²) in [6.07, 6.45) is 1.97. The largest absolute Gasteiger partial charge is 0.323 e. The maximum absolute atomic E-state index is 12.5. The highest BCUT2D eigenvalue weighted by molar-refractivity contribution is 6.08. The molecule has 0 aliphatic carbocycles. The van der Waals surface area contributed by atoms with Gasteiger partial charge in [0, 0.05) is 5.69 Å². The molecule has 4 nitrogen and oxygen atoms in total. The first-order valence-corrected chi connectivity index (χ1v) is 7.12. The van der Waals surface area contributed by atoms with E-state index in [-0.39, 0.29) is 5.91 Å². The number of nitrogens with one attached hydrogen (secondary N) is 2. The lowest BCUT2D eigenvalue weighted by Crippen LogP contribution is -2.18. The van der Waals surface area contributed by atoms with Crippen molar-refractivity contribution in [2.45, 2.75) is 26.7 Å². The predicted molar refractivity (Wildman–Crippen MR) is 87.4 cm³/mol. The summed E-state index contributed by atoms with van der Waals surface area (Å²) >= 11 is 0. The number of aryl methyl sites for hydroxylation is 2. The van der Waals surface area contributed by atoms with Crippen LogP contribution in [0.2, 0.25) is 0 Å². The summed E-state index contributed by atoms with van der Waals surface area (Å²) in [4.78, 5) is 12.5. The second-order valence-electron chi connectivity index (χ2n) is 5.05. The first-order chi connectivity index (χ1) is 10.2. The number of nitrogen functional groups attached to an aromatic ring is 1. The van der Waals surface area contributed by atoms with Gasteiger partial charge in [0.2, 0.25) is 0 Å². The van der Waals surface area contributed by atoms with Crippen LogP contribution in [0.5, 0.6) is 0 Å². The Kier molecular flexibility index (Phi) is 4.95. The van der Waals surface area contributed by atoms with Gasteiger partial charge in [-0.1, -0.05) is 43.2 Å². The van der Waals surface area contributed by atoms with Crippen LogP contribution in [0.25, 0.3) is 0 Å². The van der Waals surface area contributed by atoms with Gasteiger partial charge in [-0.3, -0.25) is 10.6 Å². The van der Waals surface area contributed by atoms with Crippen molar-refractivity contribution < 1.29 is 4.79 Å². The van der Waals surface area contributed by atoms with Gasteiger partial charge >= 0.3 is 0 Å². The molecule has 2 aromatic rings. The Labute approximate surface area is 125 Å². The molecule has 110 valence electrons. The molecule has 0 aliphatic heterocycles. The molecule has 0 saturated heterocycles. The van der Waals surface area contributed by atoms with Crippen molar-refractivity contribution in [1.29, 1.82) is 0 Å². The molecule has 1 amide bonds. The molecule has 0 atom stereocenters. The van der Waals surface area contributed by atoms with Gasteiger partial charge in [-0.25, -0.2) is 0 Å². The average molecular weight is 283 g/mol. The van der Waals surface area contributed by atoms with Gasteiger partial charge in [0.05, 0.1) is 11.3 Å². The average Bonchev–Trinajstić information content (AvgIpc) is 2.49. The Morgan fingerprint density at radius 3 is 2.62 bits per heavy atom. The quantitative estimate of drug-likeness (QED) is 0.581. The summed E-state index contributed by atoms with van der Waals surface area (Å²) in [5.41, 5.74) is 6.74. The first kappa shape index (κ1) is 15.1. The fraction of sp³-hybridized carbons (Fsp3) is 0.235. The van der Waals surface area contributed by atoms with E-state index in [9.17, 15) is 4.79 Å². The smallest absolute Gasteiger partial charge is 0.257 e. The molecule has 0 fully saturated rings. The zero-order valence-electron chi connectivity index (χ0n) is 12.4. The van der Waals surface area contributed by atoms with E-state index in [0.29, 0.717) is 11.3 Å². The highest BCUT2D eigenvalue weighted by atomic mass is 16.1. The number of rotatable bonds is 5. The third kappa shape index (κ3) is 3.61. The van der Waals surface area contributed by atoms with Crippen LogP contribution in [0.1, 0.15) is 34.8 Å². The van der Waals surface area contributed by atoms with Gasteiger partial charge in [-0.05, 0) is 37.1 Å². The van der Waals surface area contributed by atoms with Crippen LogP contribution in [0.15, 0.2) is 42.5 Å². The molecule has 0 aromatic heterocycles. The molecule has 4 N–H and O–H groups in total. The van der Waals surface area contributed by atoms with Gasteiger partial charge in [-0.2, -0.15) is 0 Å². The summed E-state index contributed by atoms with van der Waals surface area (Å²) in [7, 11) is 0. The van der Waals surface area contributed by atoms with E-state index >= 15 is 0 Å². The van der Waals surface area contributed by atoms with Gasteiger partial charge in [0.1, 0.15) is 0 Å². The number of nitrogens with two attached hydrogens (primary N) is 1. The summed E-state index contributed by atoms with van der Waals surface area (Å²) in [5, 5.41) is 2.98. The molecule has 0 saturated carbocycles. The number of amides is 1. The molecule has 2 aromatic carbocycles. The minimum absolute atomic E-state index is 0.157. The lowest BCUT2D eigenvalue weighted by Gasteiger charge is -2.13. The van der Waals surface area contributed by atoms with Gasteiger partial charge in [0.15, 0.2) is 0 Å². The second kappa shape index (κ2) is 6.90. The summed E-state index contributed by atoms with van der Waals surface area (Å²) in [5.74, 6) is 5.32. The van der Waals surface area contributed by atoms with Crippen molar-refractivity contribution in [2.75, 3.05) is 10.7 Å². The van der Waals surface area contributed by atoms with Crippen molar-refractivity contribution in [3.05, 3.63) is 59.2 Å². The molecule has 0 aliphatic rings. The molecule has 0 unspecified atom stereocenters. The van der Waals surface area contributed by atoms with Crippen molar-refractivity contribution in [3.63, 3.8) is 0 Å². The van der Waals surface area contributed by atoms with E-state index in [1.165, 1.54) is 0 Å². The van der Waals surface area contributed by atoms with Crippen LogP contribution in [0, 0.1) is 6.92 Å². The molecule has 21 heavy (non-hydrogen) atoms. The fourth-order valence-corrected chi connectivity index (χ4v) is 2.29. The van der Waals surface area contributed by atoms with Crippen molar-refractivity contribution >= 4 is 17.3 Å². The Morgan fingerprint density at radius 2 is 1.90 bits per heavy atom. The van der Waals surface area contributed by atoms with Crippen LogP contribution < -0.4 is 16.6 Å². The van der Waals surface area contributed by atoms with E-state index in [1.807, 2.05) is 49.4 Å². The molecule has 0 bridgehead atoms. The van der Waals surface area contributed by atoms with Gasteiger partial charge in [-0.15, -0.1) is 0 Å². The molecule has 0 spiro atoms. The number of para-hydroxylation sites is 1. The summed E-state index contributed by atoms with van der Waals surface area (Å²) < 4.78 is 0. The Hall–Kier alpha value is -2.33. The molecule has 2 rings (SSSR count). The Balaban J connectivity index is 2.28. The number of benzene rings is 2. The number of hydrazine groups is 1. The zero-order valence-corrected chi connectivity index (χ0v) is 12.4. The van der Waals surface area contributed by atoms with E-state index in [0.717, 1.165) is 29.7 Å². The van der Waals surface area contributed by atoms with Crippen LogP contribution in [0.3, 0.4) is 0 Å². The minimum atomic E-state index is -0.157. The monoisotopic (exact) mass is 283 g/mol. The van der Waals surface area contributed by atoms with Crippen molar-refractivity contribution in [1.82, 2.24) is 0 Å². The minimum Gasteiger partial charge on any atom is -0.323 e. The maximum Gasteiger partial charge on any atom is 0.257 e. The first-order valence-electron chi connectivity index (χ1n) is 7.12. The second-order valence-corrected chi connectivity index (χ2v) is 5.05. The molecule has 0 heterocycles. The fourth-order valence-electron chi connectivity index (χ4n) is 2.29. The highest BCUT2D eigenvalue weighted by Gasteiger charge is 2.13. The lowest BCUT2D eigenvalue weighted by atomic mass is 10.1. The zero-order chi connectivity index (χ0) is 15.2. The van der Waals surface area contributed by atoms with Crippen LogP contribution >= 0.6 is 0 Å². The SMILES string of the molecule is CCCc1ccccc1NC(=O)c1cc(C)ccc1NN. The molecule has 0 radical (unpaired) electrons. The Bertz CT molecular complexity index is 638. The molecular formula is C17H21N3O. The Morgan fingerprint density at radius 1 is 1.14 bits per heavy atom. The number of carbonyl (C=O) groups excluding carboxylic acids is 1. The van der Waals surface area contributed by atoms with Gasteiger partial charge in [0.25, 0.3) is 5.91 Å². The summed E-state index contributed by atoms with van der Waals surface area (Å²) in [6.45, 7) is 4.07. The lowest BCUT2D eigenvalue weighted by molar-refractivity contribution is 0.102. The summed E-state index contributed by atoms with van der Waals surface area (Å²) in [6, 6.07) is 13.4. The van der Waals surface area contributed by atoms with Crippen LogP contribution in [0.4, 0.5) is 11.4 Å². The maximum atomic E-state index is 12.5. The van der Waals surface area contributed by atoms with Crippen molar-refractivity contribution in [3.8, 4) is 0 Å². The van der Waals surface area contributed by atoms with Gasteiger partial charge < -0.3 is 10.7 Å². The highest BCUT2D eigenvalue weighted by Crippen LogP contribution is 2.21. The predicted octanol–water partition coefficient (Wildman–Crippen LogP) is 3.49.